The molecule has 0 saturated heterocycles. The molecular weight excluding hydrogens is 361 g/mol. The maximum atomic E-state index is 12.9. The Balaban J connectivity index is 1.77. The van der Waals surface area contributed by atoms with Gasteiger partial charge in [-0.2, -0.15) is 18.4 Å². The smallest absolute Gasteiger partial charge is 0.343 e. The maximum absolute atomic E-state index is 12.9. The van der Waals surface area contributed by atoms with Crippen LogP contribution in [0.15, 0.2) is 47.5 Å². The van der Waals surface area contributed by atoms with Crippen molar-refractivity contribution in [3.63, 3.8) is 0 Å². The van der Waals surface area contributed by atoms with E-state index in [1.807, 2.05) is 29.7 Å². The number of nitrogens with one attached hydrogen (secondary N) is 1. The topological polar surface area (TPSA) is 53.6 Å². The molecule has 3 aromatic rings. The van der Waals surface area contributed by atoms with Crippen LogP contribution < -0.4 is 4.72 Å². The average molecular weight is 376 g/mol. The van der Waals surface area contributed by atoms with E-state index in [0.717, 1.165) is 16.7 Å². The number of nitrogens with zero attached hydrogens (tertiary/aromatic N) is 3. The lowest BCUT2D eigenvalue weighted by Gasteiger charge is -2.10. The minimum Gasteiger partial charge on any atom is -0.343 e. The van der Waals surface area contributed by atoms with E-state index in [1.54, 1.807) is 12.1 Å². The lowest BCUT2D eigenvalue weighted by Crippen LogP contribution is -2.10. The van der Waals surface area contributed by atoms with Crippen LogP contribution in [0.4, 0.5) is 13.2 Å². The Bertz CT molecular complexity index is 955. The van der Waals surface area contributed by atoms with Crippen LogP contribution in [-0.2, 0) is 19.3 Å². The quantitative estimate of drug-likeness (QED) is 0.654. The van der Waals surface area contributed by atoms with Gasteiger partial charge in [0.25, 0.3) is 0 Å². The number of benzene rings is 1. The summed E-state index contributed by atoms with van der Waals surface area (Å²) in [5.74, 6) is 0. The molecular formula is C18H15F3N4S. The fourth-order valence-electron chi connectivity index (χ4n) is 2.68. The van der Waals surface area contributed by atoms with E-state index < -0.39 is 11.9 Å². The van der Waals surface area contributed by atoms with Gasteiger partial charge in [0.1, 0.15) is 5.69 Å². The lowest BCUT2D eigenvalue weighted by molar-refractivity contribution is -0.141. The normalized spacial score (nSPS) is 11.7. The summed E-state index contributed by atoms with van der Waals surface area (Å²) in [7, 11) is 0. The van der Waals surface area contributed by atoms with Crippen LogP contribution in [0.3, 0.4) is 0 Å². The molecule has 26 heavy (non-hydrogen) atoms. The van der Waals surface area contributed by atoms with Gasteiger partial charge in [-0.05, 0) is 55.3 Å². The van der Waals surface area contributed by atoms with Crippen LogP contribution >= 0.6 is 11.9 Å². The minimum absolute atomic E-state index is 0.481. The van der Waals surface area contributed by atoms with Gasteiger partial charge in [0.15, 0.2) is 0 Å². The summed E-state index contributed by atoms with van der Waals surface area (Å²) in [6.45, 7) is 2.93. The van der Waals surface area contributed by atoms with Gasteiger partial charge >= 0.3 is 6.18 Å². The van der Waals surface area contributed by atoms with Crippen molar-refractivity contribution < 1.29 is 13.2 Å². The predicted octanol–water partition coefficient (Wildman–Crippen LogP) is 4.74. The second kappa shape index (κ2) is 7.40. The first kappa shape index (κ1) is 18.3. The fraction of sp³-hybridized carbons (Fsp3) is 0.222. The summed E-state index contributed by atoms with van der Waals surface area (Å²) in [6.07, 6.45) is -3.19. The summed E-state index contributed by atoms with van der Waals surface area (Å²) in [5, 5.41) is 9.48. The maximum Gasteiger partial charge on any atom is 0.433 e. The van der Waals surface area contributed by atoms with E-state index in [9.17, 15) is 13.2 Å². The van der Waals surface area contributed by atoms with Crippen LogP contribution in [0, 0.1) is 11.3 Å². The monoisotopic (exact) mass is 376 g/mol. The van der Waals surface area contributed by atoms with E-state index in [4.69, 9.17) is 5.26 Å². The van der Waals surface area contributed by atoms with Crippen molar-refractivity contribution in [1.82, 2.24) is 14.3 Å². The van der Waals surface area contributed by atoms with E-state index >= 15 is 0 Å². The molecule has 0 fully saturated rings. The molecule has 134 valence electrons. The summed E-state index contributed by atoms with van der Waals surface area (Å²) < 4.78 is 43.7. The van der Waals surface area contributed by atoms with Crippen molar-refractivity contribution in [1.29, 1.82) is 5.26 Å². The molecule has 0 amide bonds. The zero-order chi connectivity index (χ0) is 18.7. The Kier molecular flexibility index (Phi) is 5.20. The second-order valence-corrected chi connectivity index (χ2v) is 6.53. The Morgan fingerprint density at radius 1 is 1.23 bits per heavy atom. The molecule has 0 aliphatic carbocycles. The van der Waals surface area contributed by atoms with Gasteiger partial charge < -0.3 is 4.57 Å². The standard InChI is InChI=1S/C18H15F3N4S/c1-2-25-14(11-24-26-15-5-3-12(9-22)4-6-15)7-13-10-23-17(8-16(13)25)18(19,20)21/h3-8,10,24H,2,11H2,1H3. The van der Waals surface area contributed by atoms with Crippen molar-refractivity contribution in [3.05, 3.63) is 59.5 Å². The summed E-state index contributed by atoms with van der Waals surface area (Å²) in [4.78, 5) is 4.47. The molecule has 0 saturated carbocycles. The molecule has 0 unspecified atom stereocenters. The van der Waals surface area contributed by atoms with Gasteiger partial charge in [0.05, 0.1) is 17.1 Å². The van der Waals surface area contributed by atoms with Gasteiger partial charge in [-0.25, -0.2) is 0 Å². The molecule has 1 aromatic carbocycles. The van der Waals surface area contributed by atoms with Crippen LogP contribution in [0.25, 0.3) is 10.9 Å². The van der Waals surface area contributed by atoms with Gasteiger partial charge in [0.2, 0.25) is 0 Å². The largest absolute Gasteiger partial charge is 0.433 e. The van der Waals surface area contributed by atoms with Crippen molar-refractivity contribution >= 4 is 22.9 Å². The van der Waals surface area contributed by atoms with Crippen LogP contribution in [0.2, 0.25) is 0 Å². The number of alkyl halides is 3. The highest BCUT2D eigenvalue weighted by Crippen LogP contribution is 2.30. The summed E-state index contributed by atoms with van der Waals surface area (Å²) >= 11 is 1.40. The average Bonchev–Trinajstić information content (AvgIpc) is 2.98. The number of nitriles is 1. The summed E-state index contributed by atoms with van der Waals surface area (Å²) in [6, 6.07) is 12.1. The molecule has 2 aromatic heterocycles. The third-order valence-electron chi connectivity index (χ3n) is 3.90. The molecule has 0 aliphatic heterocycles. The highest BCUT2D eigenvalue weighted by molar-refractivity contribution is 7.97. The van der Waals surface area contributed by atoms with E-state index in [2.05, 4.69) is 15.8 Å². The van der Waals surface area contributed by atoms with Crippen molar-refractivity contribution in [2.75, 3.05) is 0 Å². The van der Waals surface area contributed by atoms with Crippen molar-refractivity contribution in [2.45, 2.75) is 31.1 Å². The minimum atomic E-state index is -4.46. The van der Waals surface area contributed by atoms with E-state index in [-0.39, 0.29) is 0 Å². The molecule has 3 rings (SSSR count). The third kappa shape index (κ3) is 3.84. The first-order chi connectivity index (χ1) is 12.4. The fourth-order valence-corrected chi connectivity index (χ4v) is 3.34. The SMILES string of the molecule is CCn1c(CNSc2ccc(C#N)cc2)cc2cnc(C(F)(F)F)cc21. The Hall–Kier alpha value is -2.50. The second-order valence-electron chi connectivity index (χ2n) is 5.57. The summed E-state index contributed by atoms with van der Waals surface area (Å²) in [5.41, 5.74) is 1.11. The number of hydrogen-bond acceptors (Lipinski definition) is 4. The van der Waals surface area contributed by atoms with Crippen molar-refractivity contribution in [2.24, 2.45) is 0 Å². The first-order valence-corrected chi connectivity index (χ1v) is 8.69. The van der Waals surface area contributed by atoms with Gasteiger partial charge in [-0.3, -0.25) is 9.71 Å². The van der Waals surface area contributed by atoms with Crippen LogP contribution in [0.1, 0.15) is 23.9 Å². The number of aromatic nitrogens is 2. The number of aryl methyl sites for hydroxylation is 1. The van der Waals surface area contributed by atoms with Gasteiger partial charge in [-0.1, -0.05) is 0 Å². The van der Waals surface area contributed by atoms with Crippen molar-refractivity contribution in [3.8, 4) is 6.07 Å². The number of pyridine rings is 1. The third-order valence-corrected chi connectivity index (χ3v) is 4.70. The first-order valence-electron chi connectivity index (χ1n) is 7.87. The molecule has 0 atom stereocenters. The van der Waals surface area contributed by atoms with Crippen LogP contribution in [-0.4, -0.2) is 9.55 Å². The molecule has 0 aliphatic rings. The van der Waals surface area contributed by atoms with E-state index in [1.165, 1.54) is 18.1 Å². The van der Waals surface area contributed by atoms with E-state index in [0.29, 0.717) is 29.6 Å². The molecule has 0 bridgehead atoms. The lowest BCUT2D eigenvalue weighted by atomic mass is 10.2. The highest BCUT2D eigenvalue weighted by Gasteiger charge is 2.32. The molecule has 0 spiro atoms. The number of rotatable bonds is 5. The number of hydrogen-bond donors (Lipinski definition) is 1. The predicted molar refractivity (Wildman–Crippen MR) is 94.3 cm³/mol. The molecule has 2 heterocycles. The molecule has 0 radical (unpaired) electrons. The van der Waals surface area contributed by atoms with Gasteiger partial charge in [-0.15, -0.1) is 0 Å². The van der Waals surface area contributed by atoms with Crippen LogP contribution in [0.5, 0.6) is 0 Å². The molecule has 4 nitrogen and oxygen atoms in total. The van der Waals surface area contributed by atoms with Gasteiger partial charge in [0, 0.05) is 35.3 Å². The number of halogens is 3. The molecule has 8 heteroatoms. The Morgan fingerprint density at radius 2 is 1.96 bits per heavy atom. The molecule has 1 N–H and O–H groups in total. The highest BCUT2D eigenvalue weighted by atomic mass is 32.2. The zero-order valence-corrected chi connectivity index (χ0v) is 14.7. The zero-order valence-electron chi connectivity index (χ0n) is 13.8. The Morgan fingerprint density at radius 3 is 2.58 bits per heavy atom. The Labute approximate surface area is 152 Å². The number of fused-ring (bicyclic) bond motifs is 1.